The monoisotopic (exact) mass is 242 g/mol. The number of amides is 1. The first kappa shape index (κ1) is 12.9. The minimum atomic E-state index is -0.0523. The zero-order valence-corrected chi connectivity index (χ0v) is 10.7. The summed E-state index contributed by atoms with van der Waals surface area (Å²) in [6, 6.07) is 0. The molecule has 1 heterocycles. The number of likely N-dealkylation sites (N-methyl/N-ethyl adjacent to an activating group) is 1. The molecule has 16 heavy (non-hydrogen) atoms. The summed E-state index contributed by atoms with van der Waals surface area (Å²) in [5, 5.41) is 6.72. The number of hydrogen-bond acceptors (Lipinski definition) is 5. The minimum absolute atomic E-state index is 0.0523. The van der Waals surface area contributed by atoms with Gasteiger partial charge in [-0.2, -0.15) is 0 Å². The van der Waals surface area contributed by atoms with Gasteiger partial charge in [0.2, 0.25) is 0 Å². The van der Waals surface area contributed by atoms with Crippen molar-refractivity contribution in [2.24, 2.45) is 0 Å². The molecule has 0 saturated carbocycles. The maximum absolute atomic E-state index is 11.7. The molecule has 1 rings (SSSR count). The Morgan fingerprint density at radius 1 is 1.56 bits per heavy atom. The van der Waals surface area contributed by atoms with Crippen molar-refractivity contribution in [1.29, 1.82) is 0 Å². The number of carbonyl (C=O) groups is 1. The molecule has 0 aliphatic carbocycles. The van der Waals surface area contributed by atoms with Crippen LogP contribution >= 0.6 is 11.3 Å². The quantitative estimate of drug-likeness (QED) is 0.777. The van der Waals surface area contributed by atoms with Gasteiger partial charge in [-0.15, -0.1) is 0 Å². The van der Waals surface area contributed by atoms with E-state index >= 15 is 0 Å². The van der Waals surface area contributed by atoms with Crippen LogP contribution in [0.3, 0.4) is 0 Å². The Kier molecular flexibility index (Phi) is 5.21. The zero-order valence-electron chi connectivity index (χ0n) is 9.91. The average molecular weight is 242 g/mol. The summed E-state index contributed by atoms with van der Waals surface area (Å²) < 4.78 is 0. The van der Waals surface area contributed by atoms with Crippen LogP contribution in [0.15, 0.2) is 6.20 Å². The highest BCUT2D eigenvalue weighted by Crippen LogP contribution is 2.17. The number of thiazole rings is 1. The van der Waals surface area contributed by atoms with E-state index in [0.717, 1.165) is 18.2 Å². The van der Waals surface area contributed by atoms with Crippen molar-refractivity contribution in [2.45, 2.75) is 6.92 Å². The van der Waals surface area contributed by atoms with Gasteiger partial charge in [-0.1, -0.05) is 11.3 Å². The van der Waals surface area contributed by atoms with Crippen LogP contribution in [0.4, 0.5) is 5.13 Å². The van der Waals surface area contributed by atoms with E-state index in [0.29, 0.717) is 11.4 Å². The lowest BCUT2D eigenvalue weighted by Gasteiger charge is -2.09. The molecule has 0 radical (unpaired) electrons. The number of carbonyl (C=O) groups excluding carboxylic acids is 1. The topological polar surface area (TPSA) is 57.3 Å². The molecule has 0 aromatic carbocycles. The number of hydrogen-bond donors (Lipinski definition) is 2. The van der Waals surface area contributed by atoms with E-state index in [2.05, 4.69) is 15.6 Å². The Balaban J connectivity index is 2.40. The van der Waals surface area contributed by atoms with Gasteiger partial charge in [0.25, 0.3) is 5.91 Å². The summed E-state index contributed by atoms with van der Waals surface area (Å²) in [7, 11) is 3.95. The Morgan fingerprint density at radius 3 is 2.94 bits per heavy atom. The first-order chi connectivity index (χ1) is 7.63. The van der Waals surface area contributed by atoms with E-state index in [1.807, 2.05) is 25.9 Å². The first-order valence-corrected chi connectivity index (χ1v) is 6.07. The molecule has 5 nitrogen and oxygen atoms in total. The smallest absolute Gasteiger partial charge is 0.263 e. The number of nitrogens with one attached hydrogen (secondary N) is 2. The Bertz CT molecular complexity index is 337. The van der Waals surface area contributed by atoms with Gasteiger partial charge in [-0.05, 0) is 21.0 Å². The number of aromatic nitrogens is 1. The lowest BCUT2D eigenvalue weighted by atomic mass is 10.5. The molecule has 0 saturated heterocycles. The van der Waals surface area contributed by atoms with E-state index in [-0.39, 0.29) is 5.91 Å². The Hall–Kier alpha value is -1.14. The van der Waals surface area contributed by atoms with Crippen LogP contribution in [-0.4, -0.2) is 49.5 Å². The van der Waals surface area contributed by atoms with Gasteiger partial charge in [-0.25, -0.2) is 4.98 Å². The summed E-state index contributed by atoms with van der Waals surface area (Å²) in [6.45, 7) is 4.30. The summed E-state index contributed by atoms with van der Waals surface area (Å²) in [5.41, 5.74) is 0. The van der Waals surface area contributed by atoms with Gasteiger partial charge in [-0.3, -0.25) is 4.79 Å². The van der Waals surface area contributed by atoms with Gasteiger partial charge in [0.05, 0.1) is 6.20 Å². The zero-order chi connectivity index (χ0) is 12.0. The van der Waals surface area contributed by atoms with Crippen molar-refractivity contribution < 1.29 is 4.79 Å². The Morgan fingerprint density at radius 2 is 2.31 bits per heavy atom. The van der Waals surface area contributed by atoms with Crippen LogP contribution in [0.5, 0.6) is 0 Å². The van der Waals surface area contributed by atoms with E-state index in [9.17, 15) is 4.79 Å². The fraction of sp³-hybridized carbons (Fsp3) is 0.600. The molecule has 0 spiro atoms. The summed E-state index contributed by atoms with van der Waals surface area (Å²) in [6.07, 6.45) is 1.60. The lowest BCUT2D eigenvalue weighted by molar-refractivity contribution is 0.0955. The highest BCUT2D eigenvalue weighted by atomic mass is 32.1. The van der Waals surface area contributed by atoms with Gasteiger partial charge < -0.3 is 15.5 Å². The number of anilines is 1. The van der Waals surface area contributed by atoms with Crippen molar-refractivity contribution in [1.82, 2.24) is 15.2 Å². The standard InChI is InChI=1S/C10H18N4OS/c1-4-11-10-13-7-8(16-10)9(15)12-5-6-14(2)3/h7H,4-6H2,1-3H3,(H,11,13)(H,12,15). The molecular weight excluding hydrogens is 224 g/mol. The molecule has 0 bridgehead atoms. The second-order valence-electron chi connectivity index (χ2n) is 3.62. The van der Waals surface area contributed by atoms with Crippen LogP contribution in [0, 0.1) is 0 Å². The summed E-state index contributed by atoms with van der Waals surface area (Å²) in [4.78, 5) is 18.4. The molecule has 0 atom stereocenters. The molecule has 0 fully saturated rings. The van der Waals surface area contributed by atoms with Crippen LogP contribution in [-0.2, 0) is 0 Å². The Labute approximate surface area is 99.9 Å². The third-order valence-electron chi connectivity index (χ3n) is 1.90. The molecular formula is C10H18N4OS. The molecule has 0 aliphatic rings. The van der Waals surface area contributed by atoms with Crippen LogP contribution < -0.4 is 10.6 Å². The molecule has 90 valence electrons. The highest BCUT2D eigenvalue weighted by molar-refractivity contribution is 7.17. The van der Waals surface area contributed by atoms with E-state index < -0.39 is 0 Å². The third-order valence-corrected chi connectivity index (χ3v) is 2.86. The highest BCUT2D eigenvalue weighted by Gasteiger charge is 2.09. The van der Waals surface area contributed by atoms with Gasteiger partial charge in [0, 0.05) is 19.6 Å². The maximum Gasteiger partial charge on any atom is 0.263 e. The predicted octanol–water partition coefficient (Wildman–Crippen LogP) is 0.866. The SMILES string of the molecule is CCNc1ncc(C(=O)NCCN(C)C)s1. The van der Waals surface area contributed by atoms with Crippen LogP contribution in [0.1, 0.15) is 16.6 Å². The minimum Gasteiger partial charge on any atom is -0.362 e. The van der Waals surface area contributed by atoms with Crippen molar-refractivity contribution in [3.05, 3.63) is 11.1 Å². The molecule has 6 heteroatoms. The predicted molar refractivity (Wildman–Crippen MR) is 67.2 cm³/mol. The van der Waals surface area contributed by atoms with Crippen LogP contribution in [0.2, 0.25) is 0 Å². The van der Waals surface area contributed by atoms with Gasteiger partial charge >= 0.3 is 0 Å². The van der Waals surface area contributed by atoms with E-state index in [1.165, 1.54) is 11.3 Å². The van der Waals surface area contributed by atoms with Crippen molar-refractivity contribution in [3.63, 3.8) is 0 Å². The molecule has 0 unspecified atom stereocenters. The lowest BCUT2D eigenvalue weighted by Crippen LogP contribution is -2.30. The second kappa shape index (κ2) is 6.44. The fourth-order valence-corrected chi connectivity index (χ4v) is 1.89. The summed E-state index contributed by atoms with van der Waals surface area (Å²) in [5.74, 6) is -0.0523. The summed E-state index contributed by atoms with van der Waals surface area (Å²) >= 11 is 1.38. The number of nitrogens with zero attached hydrogens (tertiary/aromatic N) is 2. The van der Waals surface area contributed by atoms with E-state index in [1.54, 1.807) is 6.20 Å². The van der Waals surface area contributed by atoms with E-state index in [4.69, 9.17) is 0 Å². The third kappa shape index (κ3) is 4.16. The molecule has 2 N–H and O–H groups in total. The van der Waals surface area contributed by atoms with Gasteiger partial charge in [0.1, 0.15) is 4.88 Å². The second-order valence-corrected chi connectivity index (χ2v) is 4.65. The normalized spacial score (nSPS) is 10.5. The van der Waals surface area contributed by atoms with Crippen molar-refractivity contribution in [2.75, 3.05) is 39.0 Å². The van der Waals surface area contributed by atoms with Crippen molar-refractivity contribution in [3.8, 4) is 0 Å². The largest absolute Gasteiger partial charge is 0.362 e. The molecule has 1 aromatic heterocycles. The maximum atomic E-state index is 11.7. The fourth-order valence-electron chi connectivity index (χ4n) is 1.09. The molecule has 0 aliphatic heterocycles. The molecule has 1 amide bonds. The number of rotatable bonds is 6. The first-order valence-electron chi connectivity index (χ1n) is 5.26. The van der Waals surface area contributed by atoms with Gasteiger partial charge in [0.15, 0.2) is 5.13 Å². The molecule has 1 aromatic rings. The van der Waals surface area contributed by atoms with Crippen LogP contribution in [0.25, 0.3) is 0 Å². The average Bonchev–Trinajstić information content (AvgIpc) is 2.66. The van der Waals surface area contributed by atoms with Crippen molar-refractivity contribution >= 4 is 22.4 Å².